The number of carbonyl (C=O) groups is 1. The number of benzene rings is 3. The lowest BCUT2D eigenvalue weighted by Gasteiger charge is -2.36. The van der Waals surface area contributed by atoms with Gasteiger partial charge in [0.25, 0.3) is 0 Å². The van der Waals surface area contributed by atoms with Crippen LogP contribution in [0.25, 0.3) is 6.08 Å². The number of ether oxygens (including phenoxy) is 3. The highest BCUT2D eigenvalue weighted by molar-refractivity contribution is 6.07. The quantitative estimate of drug-likeness (QED) is 0.551. The van der Waals surface area contributed by atoms with Gasteiger partial charge in [-0.1, -0.05) is 49.4 Å². The van der Waals surface area contributed by atoms with Gasteiger partial charge in [-0.15, -0.1) is 0 Å². The van der Waals surface area contributed by atoms with E-state index in [2.05, 4.69) is 6.92 Å². The lowest BCUT2D eigenvalue weighted by molar-refractivity contribution is -0.00690. The fraction of sp³-hybridized carbons (Fsp3) is 0.276. The summed E-state index contributed by atoms with van der Waals surface area (Å²) in [6.07, 6.45) is 4.66. The second kappa shape index (κ2) is 8.33. The van der Waals surface area contributed by atoms with Crippen LogP contribution in [0.4, 0.5) is 0 Å². The lowest BCUT2D eigenvalue weighted by atomic mass is 9.82. The Balaban J connectivity index is 1.52. The summed E-state index contributed by atoms with van der Waals surface area (Å²) in [6.45, 7) is 6.10. The minimum Gasteiger partial charge on any atom is -0.488 e. The number of fused-ring (bicyclic) bond motifs is 3. The predicted molar refractivity (Wildman–Crippen MR) is 130 cm³/mol. The maximum atomic E-state index is 13.7. The molecule has 1 atom stereocenters. The Labute approximate surface area is 199 Å². The smallest absolute Gasteiger partial charge is 0.206 e. The highest BCUT2D eigenvalue weighted by atomic mass is 16.5. The maximum absolute atomic E-state index is 13.7. The van der Waals surface area contributed by atoms with Gasteiger partial charge in [0.2, 0.25) is 5.78 Å². The SMILES string of the molecule is CCc1ccc(C2(O)COc3c(ccc4c3C=CC(C)(C)O4)C2=O)c(OCc2ccccc2)c1. The zero-order valence-corrected chi connectivity index (χ0v) is 19.6. The first kappa shape index (κ1) is 22.2. The number of hydrogen-bond acceptors (Lipinski definition) is 5. The Kier molecular flexibility index (Phi) is 5.45. The van der Waals surface area contributed by atoms with Gasteiger partial charge in [0.05, 0.1) is 11.1 Å². The van der Waals surface area contributed by atoms with Crippen molar-refractivity contribution < 1.29 is 24.1 Å². The van der Waals surface area contributed by atoms with Gasteiger partial charge >= 0.3 is 0 Å². The molecular formula is C29H28O5. The van der Waals surface area contributed by atoms with Crippen LogP contribution < -0.4 is 14.2 Å². The van der Waals surface area contributed by atoms with Gasteiger partial charge in [-0.3, -0.25) is 4.79 Å². The molecule has 0 saturated heterocycles. The molecule has 0 radical (unpaired) electrons. The zero-order valence-electron chi connectivity index (χ0n) is 19.6. The van der Waals surface area contributed by atoms with E-state index < -0.39 is 17.0 Å². The third kappa shape index (κ3) is 3.86. The molecular weight excluding hydrogens is 428 g/mol. The molecule has 34 heavy (non-hydrogen) atoms. The standard InChI is InChI=1S/C29H28O5/c1-4-19-10-12-23(25(16-19)32-17-20-8-6-5-7-9-20)29(31)18-33-26-21-14-15-28(2,3)34-24(21)13-11-22(26)27(29)30/h5-16,31H,4,17-18H2,1-3H3. The molecule has 0 fully saturated rings. The molecule has 0 aromatic heterocycles. The van der Waals surface area contributed by atoms with Crippen LogP contribution in [0.3, 0.4) is 0 Å². The normalized spacial score (nSPS) is 20.1. The van der Waals surface area contributed by atoms with E-state index in [1.54, 1.807) is 18.2 Å². The van der Waals surface area contributed by atoms with E-state index in [1.807, 2.05) is 68.5 Å². The van der Waals surface area contributed by atoms with Crippen molar-refractivity contribution in [3.05, 3.63) is 94.6 Å². The number of carbonyl (C=O) groups excluding carboxylic acids is 1. The van der Waals surface area contributed by atoms with Crippen molar-refractivity contribution in [2.45, 2.75) is 45.0 Å². The highest BCUT2D eigenvalue weighted by Crippen LogP contribution is 2.45. The van der Waals surface area contributed by atoms with E-state index in [1.165, 1.54) is 0 Å². The van der Waals surface area contributed by atoms with Crippen LogP contribution >= 0.6 is 0 Å². The molecule has 2 aliphatic rings. The molecule has 5 heteroatoms. The average Bonchev–Trinajstić information content (AvgIpc) is 2.84. The van der Waals surface area contributed by atoms with Gasteiger partial charge in [-0.2, -0.15) is 0 Å². The Morgan fingerprint density at radius 3 is 2.59 bits per heavy atom. The van der Waals surface area contributed by atoms with Crippen LogP contribution in [0.5, 0.6) is 17.2 Å². The number of Topliss-reactive ketones (excluding diaryl/α,β-unsaturated/α-hetero) is 1. The molecule has 1 unspecified atom stereocenters. The van der Waals surface area contributed by atoms with Crippen LogP contribution in [0.15, 0.2) is 66.7 Å². The van der Waals surface area contributed by atoms with Crippen molar-refractivity contribution in [1.82, 2.24) is 0 Å². The predicted octanol–water partition coefficient (Wildman–Crippen LogP) is 5.48. The first-order chi connectivity index (χ1) is 16.3. The minimum atomic E-state index is -1.86. The molecule has 0 amide bonds. The van der Waals surface area contributed by atoms with E-state index in [9.17, 15) is 9.90 Å². The van der Waals surface area contributed by atoms with E-state index in [4.69, 9.17) is 14.2 Å². The van der Waals surface area contributed by atoms with Gasteiger partial charge < -0.3 is 19.3 Å². The van der Waals surface area contributed by atoms with Gasteiger partial charge in [0, 0.05) is 5.56 Å². The molecule has 2 heterocycles. The molecule has 2 aliphatic heterocycles. The van der Waals surface area contributed by atoms with Crippen LogP contribution in [0.1, 0.15) is 53.4 Å². The Morgan fingerprint density at radius 2 is 1.82 bits per heavy atom. The van der Waals surface area contributed by atoms with Crippen LogP contribution in [0.2, 0.25) is 0 Å². The molecule has 3 aromatic rings. The molecule has 5 rings (SSSR count). The fourth-order valence-electron chi connectivity index (χ4n) is 4.41. The minimum absolute atomic E-state index is 0.209. The second-order valence-corrected chi connectivity index (χ2v) is 9.33. The van der Waals surface area contributed by atoms with Crippen molar-refractivity contribution in [2.75, 3.05) is 6.61 Å². The Bertz CT molecular complexity index is 1280. The lowest BCUT2D eigenvalue weighted by Crippen LogP contribution is -2.45. The molecule has 1 N–H and O–H groups in total. The van der Waals surface area contributed by atoms with E-state index in [0.29, 0.717) is 40.5 Å². The van der Waals surface area contributed by atoms with Crippen molar-refractivity contribution in [3.63, 3.8) is 0 Å². The van der Waals surface area contributed by atoms with Gasteiger partial charge in [0.15, 0.2) is 5.60 Å². The van der Waals surface area contributed by atoms with Crippen LogP contribution in [-0.4, -0.2) is 23.1 Å². The fourth-order valence-corrected chi connectivity index (χ4v) is 4.41. The molecule has 0 bridgehead atoms. The summed E-state index contributed by atoms with van der Waals surface area (Å²) < 4.78 is 18.2. The first-order valence-electron chi connectivity index (χ1n) is 11.6. The van der Waals surface area contributed by atoms with Crippen molar-refractivity contribution >= 4 is 11.9 Å². The van der Waals surface area contributed by atoms with E-state index in [0.717, 1.165) is 17.5 Å². The zero-order chi connectivity index (χ0) is 23.9. The van der Waals surface area contributed by atoms with Crippen LogP contribution in [0, 0.1) is 0 Å². The summed E-state index contributed by atoms with van der Waals surface area (Å²) in [4.78, 5) is 13.7. The second-order valence-electron chi connectivity index (χ2n) is 9.33. The first-order valence-corrected chi connectivity index (χ1v) is 11.6. The number of rotatable bonds is 5. The highest BCUT2D eigenvalue weighted by Gasteiger charge is 2.47. The third-order valence-corrected chi connectivity index (χ3v) is 6.36. The largest absolute Gasteiger partial charge is 0.488 e. The molecule has 0 spiro atoms. The molecule has 3 aromatic carbocycles. The molecule has 0 aliphatic carbocycles. The Morgan fingerprint density at radius 1 is 1.03 bits per heavy atom. The topological polar surface area (TPSA) is 65.0 Å². The van der Waals surface area contributed by atoms with Gasteiger partial charge in [-0.25, -0.2) is 0 Å². The molecule has 174 valence electrons. The number of hydrogen-bond donors (Lipinski definition) is 1. The summed E-state index contributed by atoms with van der Waals surface area (Å²) >= 11 is 0. The summed E-state index contributed by atoms with van der Waals surface area (Å²) in [7, 11) is 0. The van der Waals surface area contributed by atoms with Crippen molar-refractivity contribution in [1.29, 1.82) is 0 Å². The molecule has 0 saturated carbocycles. The van der Waals surface area contributed by atoms with Crippen molar-refractivity contribution in [3.8, 4) is 17.2 Å². The van der Waals surface area contributed by atoms with Gasteiger partial charge in [-0.05, 0) is 61.7 Å². The Hall–Kier alpha value is -3.57. The van der Waals surface area contributed by atoms with Crippen LogP contribution in [-0.2, 0) is 18.6 Å². The van der Waals surface area contributed by atoms with E-state index in [-0.39, 0.29) is 6.61 Å². The monoisotopic (exact) mass is 456 g/mol. The summed E-state index contributed by atoms with van der Waals surface area (Å²) in [5, 5.41) is 11.7. The number of aryl methyl sites for hydroxylation is 1. The van der Waals surface area contributed by atoms with Gasteiger partial charge in [0.1, 0.15) is 36.1 Å². The third-order valence-electron chi connectivity index (χ3n) is 6.36. The summed E-state index contributed by atoms with van der Waals surface area (Å²) in [5.41, 5.74) is 1.20. The average molecular weight is 457 g/mol. The summed E-state index contributed by atoms with van der Waals surface area (Å²) in [5.74, 6) is 1.16. The number of ketones is 1. The van der Waals surface area contributed by atoms with Crippen molar-refractivity contribution in [2.24, 2.45) is 0 Å². The molecule has 5 nitrogen and oxygen atoms in total. The summed E-state index contributed by atoms with van der Waals surface area (Å²) in [6, 6.07) is 18.8. The maximum Gasteiger partial charge on any atom is 0.206 e. The van der Waals surface area contributed by atoms with E-state index >= 15 is 0 Å². The number of aliphatic hydroxyl groups is 1.